The zero-order valence-corrected chi connectivity index (χ0v) is 13.6. The van der Waals surface area contributed by atoms with Gasteiger partial charge in [-0.1, -0.05) is 20.8 Å². The van der Waals surface area contributed by atoms with Gasteiger partial charge in [-0.2, -0.15) is 0 Å². The lowest BCUT2D eigenvalue weighted by atomic mass is 9.79. The molecular formula is C16H29NO3. The molecule has 4 heteroatoms. The Balaban J connectivity index is 2.55. The van der Waals surface area contributed by atoms with E-state index >= 15 is 0 Å². The molecule has 4 nitrogen and oxygen atoms in total. The predicted octanol–water partition coefficient (Wildman–Crippen LogP) is 2.66. The first-order chi connectivity index (χ1) is 9.23. The van der Waals surface area contributed by atoms with E-state index in [1.807, 2.05) is 0 Å². The first-order valence-corrected chi connectivity index (χ1v) is 7.61. The number of hydrogen-bond donors (Lipinski definition) is 0. The Labute approximate surface area is 122 Å². The largest absolute Gasteiger partial charge is 0.466 e. The minimum Gasteiger partial charge on any atom is -0.466 e. The molecule has 20 heavy (non-hydrogen) atoms. The molecule has 1 heterocycles. The number of esters is 1. The molecule has 116 valence electrons. The Kier molecular flexibility index (Phi) is 6.18. The summed E-state index contributed by atoms with van der Waals surface area (Å²) in [5.41, 5.74) is 0.255. The summed E-state index contributed by atoms with van der Waals surface area (Å²) >= 11 is 0. The maximum absolute atomic E-state index is 12.2. The molecule has 0 saturated carbocycles. The Hall–Kier alpha value is -0.900. The molecule has 1 aliphatic heterocycles. The van der Waals surface area contributed by atoms with Gasteiger partial charge in [0.15, 0.2) is 0 Å². The summed E-state index contributed by atoms with van der Waals surface area (Å²) in [6, 6.07) is 0.430. The fourth-order valence-electron chi connectivity index (χ4n) is 2.91. The van der Waals surface area contributed by atoms with Crippen molar-refractivity contribution >= 4 is 11.8 Å². The van der Waals surface area contributed by atoms with E-state index in [1.165, 1.54) is 0 Å². The summed E-state index contributed by atoms with van der Waals surface area (Å²) < 4.78 is 4.86. The molecule has 1 aliphatic rings. The number of carbonyl (C=O) groups excluding carboxylic acids is 2. The van der Waals surface area contributed by atoms with Gasteiger partial charge in [-0.25, -0.2) is 0 Å². The molecule has 0 aromatic heterocycles. The normalized spacial score (nSPS) is 24.4. The van der Waals surface area contributed by atoms with Gasteiger partial charge >= 0.3 is 5.97 Å². The van der Waals surface area contributed by atoms with Crippen molar-refractivity contribution in [1.82, 2.24) is 4.90 Å². The van der Waals surface area contributed by atoms with Crippen LogP contribution in [0, 0.1) is 11.3 Å². The minimum absolute atomic E-state index is 0.0166. The van der Waals surface area contributed by atoms with E-state index < -0.39 is 0 Å². The number of rotatable bonds is 5. The summed E-state index contributed by atoms with van der Waals surface area (Å²) in [6.45, 7) is 9.71. The van der Waals surface area contributed by atoms with Crippen molar-refractivity contribution in [2.24, 2.45) is 11.3 Å². The van der Waals surface area contributed by atoms with Crippen LogP contribution >= 0.6 is 0 Å². The van der Waals surface area contributed by atoms with E-state index in [1.54, 1.807) is 6.92 Å². The number of nitrogens with zero attached hydrogens (tertiary/aromatic N) is 1. The van der Waals surface area contributed by atoms with Crippen LogP contribution in [-0.4, -0.2) is 42.9 Å². The van der Waals surface area contributed by atoms with E-state index in [-0.39, 0.29) is 29.5 Å². The van der Waals surface area contributed by atoms with Gasteiger partial charge in [0.05, 0.1) is 6.61 Å². The molecule has 0 aromatic carbocycles. The average molecular weight is 283 g/mol. The van der Waals surface area contributed by atoms with Crippen molar-refractivity contribution in [1.29, 1.82) is 0 Å². The molecule has 0 spiro atoms. The van der Waals surface area contributed by atoms with Crippen molar-refractivity contribution in [2.45, 2.75) is 59.4 Å². The maximum atomic E-state index is 12.2. The van der Waals surface area contributed by atoms with Crippen LogP contribution in [-0.2, 0) is 14.3 Å². The van der Waals surface area contributed by atoms with Crippen molar-refractivity contribution in [2.75, 3.05) is 20.2 Å². The Morgan fingerprint density at radius 3 is 2.50 bits per heavy atom. The van der Waals surface area contributed by atoms with Gasteiger partial charge in [-0.3, -0.25) is 9.59 Å². The molecule has 1 fully saturated rings. The molecule has 0 aromatic rings. The summed E-state index contributed by atoms with van der Waals surface area (Å²) in [7, 11) is 2.13. The van der Waals surface area contributed by atoms with Gasteiger partial charge in [0.2, 0.25) is 0 Å². The van der Waals surface area contributed by atoms with E-state index in [0.29, 0.717) is 12.6 Å². The molecule has 0 N–H and O–H groups in total. The molecule has 0 unspecified atom stereocenters. The second-order valence-corrected chi connectivity index (χ2v) is 7.07. The lowest BCUT2D eigenvalue weighted by Crippen LogP contribution is -2.43. The Bertz CT molecular complexity index is 346. The predicted molar refractivity (Wildman–Crippen MR) is 79.5 cm³/mol. The average Bonchev–Trinajstić information content (AvgIpc) is 2.30. The van der Waals surface area contributed by atoms with Crippen LogP contribution in [0.15, 0.2) is 0 Å². The molecule has 0 bridgehead atoms. The summed E-state index contributed by atoms with van der Waals surface area (Å²) in [6.07, 6.45) is 2.73. The third-order valence-electron chi connectivity index (χ3n) is 3.94. The maximum Gasteiger partial charge on any atom is 0.313 e. The standard InChI is InChI=1S/C16H29NO3/c1-6-20-15(19)10-14(18)12-7-8-17(5)13(9-12)11-16(2,3)4/h12-13H,6-11H2,1-5H3/t12-,13+/m1/s1. The van der Waals surface area contributed by atoms with Crippen LogP contribution < -0.4 is 0 Å². The van der Waals surface area contributed by atoms with Gasteiger partial charge < -0.3 is 9.64 Å². The first-order valence-electron chi connectivity index (χ1n) is 7.61. The zero-order chi connectivity index (χ0) is 15.3. The lowest BCUT2D eigenvalue weighted by molar-refractivity contribution is -0.146. The summed E-state index contributed by atoms with van der Waals surface area (Å²) in [4.78, 5) is 25.9. The number of Topliss-reactive ketones (excluding diaryl/α,β-unsaturated/α-hetero) is 1. The fraction of sp³-hybridized carbons (Fsp3) is 0.875. The van der Waals surface area contributed by atoms with E-state index in [4.69, 9.17) is 4.74 Å². The van der Waals surface area contributed by atoms with Gasteiger partial charge in [0.1, 0.15) is 12.2 Å². The van der Waals surface area contributed by atoms with Crippen LogP contribution in [0.3, 0.4) is 0 Å². The summed E-state index contributed by atoms with van der Waals surface area (Å²) in [5, 5.41) is 0. The topological polar surface area (TPSA) is 46.6 Å². The molecule has 1 rings (SSSR count). The first kappa shape index (κ1) is 17.2. The fourth-order valence-corrected chi connectivity index (χ4v) is 2.91. The number of ether oxygens (including phenoxy) is 1. The van der Waals surface area contributed by atoms with Gasteiger partial charge in [0, 0.05) is 12.0 Å². The number of piperidine rings is 1. The highest BCUT2D eigenvalue weighted by Crippen LogP contribution is 2.31. The third kappa shape index (κ3) is 5.61. The van der Waals surface area contributed by atoms with Crippen LogP contribution in [0.5, 0.6) is 0 Å². The van der Waals surface area contributed by atoms with Gasteiger partial charge in [-0.15, -0.1) is 0 Å². The monoisotopic (exact) mass is 283 g/mol. The third-order valence-corrected chi connectivity index (χ3v) is 3.94. The molecule has 0 radical (unpaired) electrons. The lowest BCUT2D eigenvalue weighted by Gasteiger charge is -2.39. The highest BCUT2D eigenvalue weighted by atomic mass is 16.5. The van der Waals surface area contributed by atoms with Crippen LogP contribution in [0.2, 0.25) is 0 Å². The van der Waals surface area contributed by atoms with E-state index in [9.17, 15) is 9.59 Å². The minimum atomic E-state index is -0.385. The molecule has 2 atom stereocenters. The zero-order valence-electron chi connectivity index (χ0n) is 13.6. The van der Waals surface area contributed by atoms with Gasteiger partial charge in [0.25, 0.3) is 0 Å². The van der Waals surface area contributed by atoms with Crippen LogP contribution in [0.25, 0.3) is 0 Å². The highest BCUT2D eigenvalue weighted by molar-refractivity contribution is 5.96. The second kappa shape index (κ2) is 7.21. The molecule has 1 saturated heterocycles. The molecule has 0 aliphatic carbocycles. The van der Waals surface area contributed by atoms with E-state index in [2.05, 4.69) is 32.7 Å². The SMILES string of the molecule is CCOC(=O)CC(=O)[C@@H]1CCN(C)[C@H](CC(C)(C)C)C1. The van der Waals surface area contributed by atoms with Crippen molar-refractivity contribution in [3.8, 4) is 0 Å². The number of hydrogen-bond acceptors (Lipinski definition) is 4. The Morgan fingerprint density at radius 1 is 1.30 bits per heavy atom. The van der Waals surface area contributed by atoms with Crippen LogP contribution in [0.4, 0.5) is 0 Å². The quantitative estimate of drug-likeness (QED) is 0.575. The number of ketones is 1. The van der Waals surface area contributed by atoms with E-state index in [0.717, 1.165) is 25.8 Å². The van der Waals surface area contributed by atoms with Crippen molar-refractivity contribution in [3.05, 3.63) is 0 Å². The van der Waals surface area contributed by atoms with Crippen LogP contribution in [0.1, 0.15) is 53.4 Å². The number of carbonyl (C=O) groups is 2. The number of likely N-dealkylation sites (tertiary alicyclic amines) is 1. The molecular weight excluding hydrogens is 254 g/mol. The van der Waals surface area contributed by atoms with Gasteiger partial charge in [-0.05, 0) is 45.2 Å². The Morgan fingerprint density at radius 2 is 1.95 bits per heavy atom. The highest BCUT2D eigenvalue weighted by Gasteiger charge is 2.33. The smallest absolute Gasteiger partial charge is 0.313 e. The summed E-state index contributed by atoms with van der Waals surface area (Å²) in [5.74, 6) is -0.317. The van der Waals surface area contributed by atoms with Crippen molar-refractivity contribution in [3.63, 3.8) is 0 Å². The molecule has 0 amide bonds. The van der Waals surface area contributed by atoms with Crippen molar-refractivity contribution < 1.29 is 14.3 Å². The second-order valence-electron chi connectivity index (χ2n) is 7.07.